The first kappa shape index (κ1) is 15.2. The van der Waals surface area contributed by atoms with Crippen LogP contribution in [0.25, 0.3) is 22.2 Å². The summed E-state index contributed by atoms with van der Waals surface area (Å²) in [4.78, 5) is 5.01. The Labute approximate surface area is 143 Å². The summed E-state index contributed by atoms with van der Waals surface area (Å²) < 4.78 is 0. The van der Waals surface area contributed by atoms with Gasteiger partial charge in [-0.3, -0.25) is 0 Å². The molecule has 1 N–H and O–H groups in total. The minimum Gasteiger partial charge on any atom is -0.380 e. The van der Waals surface area contributed by atoms with E-state index >= 15 is 0 Å². The molecule has 0 saturated carbocycles. The van der Waals surface area contributed by atoms with E-state index in [4.69, 9.17) is 4.98 Å². The fourth-order valence-corrected chi connectivity index (χ4v) is 3.64. The Morgan fingerprint density at radius 3 is 2.71 bits per heavy atom. The second kappa shape index (κ2) is 6.64. The molecule has 0 fully saturated rings. The number of nitrogens with zero attached hydrogens (tertiary/aromatic N) is 1. The Morgan fingerprint density at radius 2 is 1.88 bits per heavy atom. The Kier molecular flexibility index (Phi) is 4.20. The predicted molar refractivity (Wildman–Crippen MR) is 102 cm³/mol. The summed E-state index contributed by atoms with van der Waals surface area (Å²) in [5.74, 6) is 0. The monoisotopic (exact) mass is 316 g/mol. The summed E-state index contributed by atoms with van der Waals surface area (Å²) in [6.45, 7) is 2.26. The van der Waals surface area contributed by atoms with E-state index in [9.17, 15) is 0 Å². The lowest BCUT2D eigenvalue weighted by molar-refractivity contribution is 0.558. The summed E-state index contributed by atoms with van der Waals surface area (Å²) in [7, 11) is 0. The number of nitrogens with one attached hydrogen (secondary N) is 1. The fraction of sp³-hybridized carbons (Fsp3) is 0.318. The van der Waals surface area contributed by atoms with Crippen LogP contribution < -0.4 is 5.32 Å². The molecule has 0 bridgehead atoms. The number of fused-ring (bicyclic) bond motifs is 3. The van der Waals surface area contributed by atoms with Crippen molar-refractivity contribution < 1.29 is 0 Å². The van der Waals surface area contributed by atoms with E-state index in [2.05, 4.69) is 60.8 Å². The van der Waals surface area contributed by atoms with Gasteiger partial charge >= 0.3 is 0 Å². The molecule has 24 heavy (non-hydrogen) atoms. The summed E-state index contributed by atoms with van der Waals surface area (Å²) in [5, 5.41) is 5.01. The molecule has 122 valence electrons. The standard InChI is InChI=1S/C22H24N2/c1-2-3-9-19-14-12-17-10-11-18-13-15-20(16-7-5-4-6-8-16)24-22(18)21(17)23-19/h4-8,10-11,13,15,19,23H,2-3,9,12,14H2,1H3/t19-/m1/s1. The number of aryl methyl sites for hydroxylation is 1. The zero-order valence-electron chi connectivity index (χ0n) is 14.3. The van der Waals surface area contributed by atoms with Crippen LogP contribution in [-0.4, -0.2) is 11.0 Å². The first-order valence-corrected chi connectivity index (χ1v) is 9.10. The average molecular weight is 316 g/mol. The number of hydrogen-bond donors (Lipinski definition) is 1. The first-order chi connectivity index (χ1) is 11.8. The normalized spacial score (nSPS) is 16.6. The van der Waals surface area contributed by atoms with Crippen LogP contribution in [0.15, 0.2) is 54.6 Å². The molecule has 3 aromatic rings. The van der Waals surface area contributed by atoms with Gasteiger partial charge in [-0.25, -0.2) is 4.98 Å². The molecule has 0 amide bonds. The summed E-state index contributed by atoms with van der Waals surface area (Å²) in [5.41, 5.74) is 6.02. The van der Waals surface area contributed by atoms with E-state index in [1.54, 1.807) is 0 Å². The van der Waals surface area contributed by atoms with Gasteiger partial charge in [0.1, 0.15) is 0 Å². The molecule has 0 radical (unpaired) electrons. The van der Waals surface area contributed by atoms with Crippen LogP contribution in [0.1, 0.15) is 38.2 Å². The molecule has 1 atom stereocenters. The molecule has 2 heterocycles. The maximum absolute atomic E-state index is 5.01. The number of benzene rings is 2. The van der Waals surface area contributed by atoms with Gasteiger partial charge in [0.15, 0.2) is 0 Å². The number of anilines is 1. The summed E-state index contributed by atoms with van der Waals surface area (Å²) in [6, 6.07) is 19.8. The molecule has 1 aliphatic rings. The number of rotatable bonds is 4. The van der Waals surface area contributed by atoms with E-state index in [1.807, 2.05) is 6.07 Å². The first-order valence-electron chi connectivity index (χ1n) is 9.10. The second-order valence-corrected chi connectivity index (χ2v) is 6.76. The van der Waals surface area contributed by atoms with E-state index < -0.39 is 0 Å². The van der Waals surface area contributed by atoms with E-state index in [1.165, 1.54) is 47.9 Å². The zero-order chi connectivity index (χ0) is 16.4. The number of unbranched alkanes of at least 4 members (excludes halogenated alkanes) is 1. The zero-order valence-corrected chi connectivity index (χ0v) is 14.3. The van der Waals surface area contributed by atoms with Crippen LogP contribution in [0.4, 0.5) is 5.69 Å². The van der Waals surface area contributed by atoms with Gasteiger partial charge in [-0.05, 0) is 30.9 Å². The van der Waals surface area contributed by atoms with Gasteiger partial charge in [0.25, 0.3) is 0 Å². The molecule has 0 saturated heterocycles. The quantitative estimate of drug-likeness (QED) is 0.656. The van der Waals surface area contributed by atoms with Crippen molar-refractivity contribution >= 4 is 16.6 Å². The van der Waals surface area contributed by atoms with Crippen LogP contribution >= 0.6 is 0 Å². The Bertz CT molecular complexity index is 839. The Morgan fingerprint density at radius 1 is 1.04 bits per heavy atom. The van der Waals surface area contributed by atoms with Crippen LogP contribution in [0.3, 0.4) is 0 Å². The highest BCUT2D eigenvalue weighted by molar-refractivity contribution is 5.94. The second-order valence-electron chi connectivity index (χ2n) is 6.76. The van der Waals surface area contributed by atoms with E-state index in [0.717, 1.165) is 17.6 Å². The van der Waals surface area contributed by atoms with E-state index in [-0.39, 0.29) is 0 Å². The smallest absolute Gasteiger partial charge is 0.0943 e. The SMILES string of the molecule is CCCC[C@@H]1CCc2ccc3ccc(-c4ccccc4)nc3c2N1. The van der Waals surface area contributed by atoms with Crippen molar-refractivity contribution in [1.82, 2.24) is 4.98 Å². The van der Waals surface area contributed by atoms with Gasteiger partial charge in [0.05, 0.1) is 16.9 Å². The molecular formula is C22H24N2. The fourth-order valence-electron chi connectivity index (χ4n) is 3.64. The van der Waals surface area contributed by atoms with Crippen LogP contribution in [0.5, 0.6) is 0 Å². The summed E-state index contributed by atoms with van der Waals surface area (Å²) >= 11 is 0. The average Bonchev–Trinajstić information content (AvgIpc) is 2.66. The molecular weight excluding hydrogens is 292 g/mol. The maximum Gasteiger partial charge on any atom is 0.0943 e. The number of aromatic nitrogens is 1. The molecule has 1 aliphatic heterocycles. The van der Waals surface area contributed by atoms with Crippen LogP contribution in [0.2, 0.25) is 0 Å². The molecule has 0 unspecified atom stereocenters. The van der Waals surface area contributed by atoms with Crippen molar-refractivity contribution in [2.75, 3.05) is 5.32 Å². The molecule has 0 aliphatic carbocycles. The van der Waals surface area contributed by atoms with Crippen molar-refractivity contribution in [2.24, 2.45) is 0 Å². The molecule has 2 heteroatoms. The van der Waals surface area contributed by atoms with Crippen molar-refractivity contribution in [2.45, 2.75) is 45.1 Å². The van der Waals surface area contributed by atoms with Crippen molar-refractivity contribution in [3.63, 3.8) is 0 Å². The van der Waals surface area contributed by atoms with Crippen molar-refractivity contribution in [3.8, 4) is 11.3 Å². The topological polar surface area (TPSA) is 24.9 Å². The summed E-state index contributed by atoms with van der Waals surface area (Å²) in [6.07, 6.45) is 6.20. The predicted octanol–water partition coefficient (Wildman–Crippen LogP) is 5.82. The van der Waals surface area contributed by atoms with Gasteiger partial charge in [-0.2, -0.15) is 0 Å². The van der Waals surface area contributed by atoms with Crippen molar-refractivity contribution in [1.29, 1.82) is 0 Å². The van der Waals surface area contributed by atoms with Crippen LogP contribution in [0, 0.1) is 0 Å². The molecule has 2 nitrogen and oxygen atoms in total. The molecule has 1 aromatic heterocycles. The Hall–Kier alpha value is -2.35. The van der Waals surface area contributed by atoms with Crippen molar-refractivity contribution in [3.05, 3.63) is 60.2 Å². The highest BCUT2D eigenvalue weighted by Gasteiger charge is 2.20. The highest BCUT2D eigenvalue weighted by atomic mass is 14.9. The lowest BCUT2D eigenvalue weighted by atomic mass is 9.93. The Balaban J connectivity index is 1.76. The number of hydrogen-bond acceptors (Lipinski definition) is 2. The lowest BCUT2D eigenvalue weighted by Crippen LogP contribution is -2.25. The van der Waals surface area contributed by atoms with Gasteiger partial charge in [-0.1, -0.05) is 68.3 Å². The maximum atomic E-state index is 5.01. The molecule has 0 spiro atoms. The third-order valence-electron chi connectivity index (χ3n) is 5.03. The lowest BCUT2D eigenvalue weighted by Gasteiger charge is -2.28. The minimum atomic E-state index is 0.588. The third kappa shape index (κ3) is 2.89. The highest BCUT2D eigenvalue weighted by Crippen LogP contribution is 2.34. The van der Waals surface area contributed by atoms with Gasteiger partial charge in [0.2, 0.25) is 0 Å². The third-order valence-corrected chi connectivity index (χ3v) is 5.03. The van der Waals surface area contributed by atoms with E-state index in [0.29, 0.717) is 6.04 Å². The largest absolute Gasteiger partial charge is 0.380 e. The minimum absolute atomic E-state index is 0.588. The van der Waals surface area contributed by atoms with Crippen LogP contribution in [-0.2, 0) is 6.42 Å². The number of pyridine rings is 1. The molecule has 2 aromatic carbocycles. The van der Waals surface area contributed by atoms with Gasteiger partial charge < -0.3 is 5.32 Å². The molecule has 4 rings (SSSR count). The van der Waals surface area contributed by atoms with Gasteiger partial charge in [0, 0.05) is 17.0 Å². The van der Waals surface area contributed by atoms with Gasteiger partial charge in [-0.15, -0.1) is 0 Å².